The van der Waals surface area contributed by atoms with Gasteiger partial charge < -0.3 is 10.1 Å². The van der Waals surface area contributed by atoms with Crippen LogP contribution in [0.4, 0.5) is 11.5 Å². The summed E-state index contributed by atoms with van der Waals surface area (Å²) in [5.41, 5.74) is 0.487. The highest BCUT2D eigenvalue weighted by molar-refractivity contribution is 6.28. The molecule has 15 heteroatoms. The Balaban J connectivity index is 1.70. The summed E-state index contributed by atoms with van der Waals surface area (Å²) >= 11 is 6.19. The standard InChI is InChI=1S/C18H17ClN10O4/c1-2-3-4-14-20-18(19)26(23-14)10-11-5-7-12(8-6-11)27-15(29(32)33)9-13(28(30)31)16(27)17-21-24-25-22-17/h5-9H,2-4,10H2,1H3,(H,21,22,24,25). The number of aryl methyl sites for hydroxylation is 1. The third kappa shape index (κ3) is 4.41. The molecule has 0 bridgehead atoms. The van der Waals surface area contributed by atoms with Crippen molar-refractivity contribution in [1.29, 1.82) is 0 Å². The fraction of sp³-hybridized carbons (Fsp3) is 0.278. The fourth-order valence-corrected chi connectivity index (χ4v) is 3.53. The van der Waals surface area contributed by atoms with Crippen LogP contribution in [0.25, 0.3) is 17.2 Å². The number of aromatic amines is 1. The molecule has 4 rings (SSSR count). The normalized spacial score (nSPS) is 11.1. The average Bonchev–Trinajstić information content (AvgIpc) is 3.51. The number of benzene rings is 1. The summed E-state index contributed by atoms with van der Waals surface area (Å²) in [6.07, 6.45) is 2.71. The lowest BCUT2D eigenvalue weighted by Crippen LogP contribution is -2.05. The van der Waals surface area contributed by atoms with Crippen LogP contribution in [0.2, 0.25) is 5.28 Å². The first-order valence-corrected chi connectivity index (χ1v) is 10.2. The summed E-state index contributed by atoms with van der Waals surface area (Å²) in [6.45, 7) is 2.42. The molecule has 0 amide bonds. The molecule has 0 atom stereocenters. The van der Waals surface area contributed by atoms with Crippen molar-refractivity contribution in [2.24, 2.45) is 0 Å². The molecular weight excluding hydrogens is 456 g/mol. The van der Waals surface area contributed by atoms with E-state index in [2.05, 4.69) is 37.6 Å². The van der Waals surface area contributed by atoms with Gasteiger partial charge in [0.15, 0.2) is 5.82 Å². The second kappa shape index (κ2) is 9.12. The highest BCUT2D eigenvalue weighted by atomic mass is 35.5. The van der Waals surface area contributed by atoms with Crippen LogP contribution in [0.3, 0.4) is 0 Å². The number of aromatic nitrogens is 8. The van der Waals surface area contributed by atoms with Crippen LogP contribution in [-0.4, -0.2) is 49.8 Å². The van der Waals surface area contributed by atoms with Gasteiger partial charge >= 0.3 is 11.5 Å². The second-order valence-corrected chi connectivity index (χ2v) is 7.40. The number of hydrogen-bond acceptors (Lipinski definition) is 9. The van der Waals surface area contributed by atoms with E-state index < -0.39 is 21.4 Å². The molecule has 0 spiro atoms. The van der Waals surface area contributed by atoms with Crippen molar-refractivity contribution in [3.63, 3.8) is 0 Å². The minimum Gasteiger partial charge on any atom is -0.358 e. The molecular formula is C18H17ClN10O4. The molecule has 0 radical (unpaired) electrons. The van der Waals surface area contributed by atoms with Gasteiger partial charge in [0.2, 0.25) is 11.1 Å². The number of nitrogens with zero attached hydrogens (tertiary/aromatic N) is 9. The first-order valence-electron chi connectivity index (χ1n) is 9.86. The number of hydrogen-bond donors (Lipinski definition) is 1. The maximum absolute atomic E-state index is 11.6. The number of rotatable bonds is 9. The lowest BCUT2D eigenvalue weighted by molar-refractivity contribution is -0.394. The Morgan fingerprint density at radius 3 is 2.52 bits per heavy atom. The molecule has 1 N–H and O–H groups in total. The van der Waals surface area contributed by atoms with Gasteiger partial charge in [0.05, 0.1) is 11.5 Å². The van der Waals surface area contributed by atoms with Crippen molar-refractivity contribution in [3.8, 4) is 17.2 Å². The van der Waals surface area contributed by atoms with Crippen LogP contribution < -0.4 is 0 Å². The molecule has 4 aromatic rings. The number of nitro groups is 2. The smallest absolute Gasteiger partial charge is 0.335 e. The summed E-state index contributed by atoms with van der Waals surface area (Å²) in [7, 11) is 0. The van der Waals surface area contributed by atoms with Crippen LogP contribution >= 0.6 is 11.6 Å². The Labute approximate surface area is 190 Å². The van der Waals surface area contributed by atoms with Gasteiger partial charge in [0.1, 0.15) is 11.8 Å². The third-order valence-corrected chi connectivity index (χ3v) is 5.15. The first-order chi connectivity index (χ1) is 15.9. The van der Waals surface area contributed by atoms with E-state index in [0.717, 1.165) is 35.5 Å². The molecule has 0 saturated carbocycles. The largest absolute Gasteiger partial charge is 0.358 e. The van der Waals surface area contributed by atoms with E-state index in [1.54, 1.807) is 28.9 Å². The van der Waals surface area contributed by atoms with Gasteiger partial charge in [-0.25, -0.2) is 14.8 Å². The molecule has 0 unspecified atom stereocenters. The Morgan fingerprint density at radius 2 is 1.91 bits per heavy atom. The Bertz CT molecular complexity index is 1300. The fourth-order valence-electron chi connectivity index (χ4n) is 3.34. The predicted molar refractivity (Wildman–Crippen MR) is 115 cm³/mol. The monoisotopic (exact) mass is 472 g/mol. The van der Waals surface area contributed by atoms with Crippen LogP contribution in [0, 0.1) is 20.2 Å². The van der Waals surface area contributed by atoms with E-state index in [0.29, 0.717) is 18.1 Å². The lowest BCUT2D eigenvalue weighted by atomic mass is 10.2. The Hall–Kier alpha value is -4.20. The number of unbranched alkanes of at least 4 members (excludes halogenated alkanes) is 1. The highest BCUT2D eigenvalue weighted by Crippen LogP contribution is 2.37. The summed E-state index contributed by atoms with van der Waals surface area (Å²) in [5.74, 6) is 0.0904. The van der Waals surface area contributed by atoms with Crippen LogP contribution in [0.1, 0.15) is 31.2 Å². The lowest BCUT2D eigenvalue weighted by Gasteiger charge is -2.06. The zero-order chi connectivity index (χ0) is 23.5. The van der Waals surface area contributed by atoms with Crippen LogP contribution in [0.5, 0.6) is 0 Å². The quantitative estimate of drug-likeness (QED) is 0.283. The van der Waals surface area contributed by atoms with Gasteiger partial charge in [-0.05, 0) is 51.1 Å². The number of tetrazole rings is 1. The molecule has 0 saturated heterocycles. The molecule has 170 valence electrons. The highest BCUT2D eigenvalue weighted by Gasteiger charge is 2.35. The van der Waals surface area contributed by atoms with Crippen molar-refractivity contribution in [2.45, 2.75) is 32.7 Å². The molecule has 0 aliphatic heterocycles. The Morgan fingerprint density at radius 1 is 1.15 bits per heavy atom. The zero-order valence-electron chi connectivity index (χ0n) is 17.3. The molecule has 3 aromatic heterocycles. The van der Waals surface area contributed by atoms with Gasteiger partial charge in [-0.15, -0.1) is 5.10 Å². The minimum absolute atomic E-state index is 0.0760. The van der Waals surface area contributed by atoms with Gasteiger partial charge in [-0.1, -0.05) is 25.5 Å². The van der Waals surface area contributed by atoms with Gasteiger partial charge in [-0.3, -0.25) is 10.1 Å². The molecule has 0 aliphatic carbocycles. The number of nitrogens with one attached hydrogen (secondary N) is 1. The topological polar surface area (TPSA) is 176 Å². The minimum atomic E-state index is -0.724. The number of H-pyrrole nitrogens is 1. The van der Waals surface area contributed by atoms with Gasteiger partial charge in [0, 0.05) is 6.42 Å². The Kier molecular flexibility index (Phi) is 6.08. The maximum Gasteiger partial charge on any atom is 0.335 e. The van der Waals surface area contributed by atoms with Gasteiger partial charge in [-0.2, -0.15) is 9.67 Å². The van der Waals surface area contributed by atoms with Crippen molar-refractivity contribution < 1.29 is 9.85 Å². The van der Waals surface area contributed by atoms with Gasteiger partial charge in [0.25, 0.3) is 5.69 Å². The predicted octanol–water partition coefficient (Wildman–Crippen LogP) is 3.11. The molecule has 0 aliphatic rings. The average molecular weight is 473 g/mol. The van der Waals surface area contributed by atoms with E-state index >= 15 is 0 Å². The summed E-state index contributed by atoms with van der Waals surface area (Å²) in [4.78, 5) is 26.0. The van der Waals surface area contributed by atoms with Crippen LogP contribution in [0.15, 0.2) is 30.3 Å². The van der Waals surface area contributed by atoms with Crippen molar-refractivity contribution in [3.05, 3.63) is 67.2 Å². The van der Waals surface area contributed by atoms with E-state index in [1.807, 2.05) is 0 Å². The summed E-state index contributed by atoms with van der Waals surface area (Å²) in [5, 5.41) is 40.8. The molecule has 3 heterocycles. The first kappa shape index (κ1) is 22.0. The third-order valence-electron chi connectivity index (χ3n) is 4.87. The SMILES string of the molecule is CCCCc1nc(Cl)n(Cc2ccc(-n3c([N+](=O)[O-])cc([N+](=O)[O-])c3-c3nnn[nH]3)cc2)n1. The summed E-state index contributed by atoms with van der Waals surface area (Å²) < 4.78 is 2.69. The zero-order valence-corrected chi connectivity index (χ0v) is 18.0. The van der Waals surface area contributed by atoms with E-state index in [9.17, 15) is 20.2 Å². The number of halogens is 1. The van der Waals surface area contributed by atoms with E-state index in [-0.39, 0.29) is 16.8 Å². The van der Waals surface area contributed by atoms with E-state index in [1.165, 1.54) is 0 Å². The second-order valence-electron chi connectivity index (χ2n) is 7.06. The molecule has 1 aromatic carbocycles. The molecule has 14 nitrogen and oxygen atoms in total. The van der Waals surface area contributed by atoms with Crippen molar-refractivity contribution >= 4 is 23.1 Å². The molecule has 0 fully saturated rings. The molecule has 33 heavy (non-hydrogen) atoms. The van der Waals surface area contributed by atoms with Crippen LogP contribution in [-0.2, 0) is 13.0 Å². The van der Waals surface area contributed by atoms with Crippen molar-refractivity contribution in [1.82, 2.24) is 40.0 Å². The van der Waals surface area contributed by atoms with Crippen molar-refractivity contribution in [2.75, 3.05) is 0 Å². The summed E-state index contributed by atoms with van der Waals surface area (Å²) in [6, 6.07) is 7.51. The van der Waals surface area contributed by atoms with E-state index in [4.69, 9.17) is 11.6 Å². The maximum atomic E-state index is 11.6.